The first-order chi connectivity index (χ1) is 66.6. The van der Waals surface area contributed by atoms with Crippen LogP contribution in [0.2, 0.25) is 0 Å². The maximum atomic E-state index is 14.2. The second-order valence-corrected chi connectivity index (χ2v) is 37.2. The van der Waals surface area contributed by atoms with Crippen LogP contribution in [-0.2, 0) is 181 Å². The van der Waals surface area contributed by atoms with Crippen LogP contribution in [0.25, 0.3) is 0 Å². The SMILES string of the molecule is CC(=O)CCCCCCCCCCC(=O)CC(COCCC(=O)CCCCCC(=O)CCCCO[C@@H]1OC(COC(C)=O)[C@H](OC(C)=O)[C@H](OC(C)=O)C1CC(C)=O)(COCCC(=O)CCCCCC(=O)CCCCO[C@@H]1OC(COC(C)=O)[C@H](OC(C)=O)[C@H](OC(C)=O)C1CC(C)=O)COCCC(=O)CCCCCC(=O)CCCCO[C@@H]1OC(COC(C)=O)[C@H](OC(C)=O)[C@H](OC(C)=O)C1CC(C)=O. The van der Waals surface area contributed by atoms with E-state index in [0.29, 0.717) is 109 Å². The number of ether oxygens (including phenoxy) is 18. The van der Waals surface area contributed by atoms with E-state index in [1.54, 1.807) is 6.92 Å². The summed E-state index contributed by atoms with van der Waals surface area (Å²) in [6.07, 6.45) is 3.31. The lowest BCUT2D eigenvalue weighted by atomic mass is 9.83. The first-order valence-electron chi connectivity index (χ1n) is 50.1. The lowest BCUT2D eigenvalue weighted by molar-refractivity contribution is -0.291. The second kappa shape index (κ2) is 72.5. The van der Waals surface area contributed by atoms with Gasteiger partial charge in [-0.25, -0.2) is 0 Å². The summed E-state index contributed by atoms with van der Waals surface area (Å²) in [5.74, 6) is -9.90. The van der Waals surface area contributed by atoms with Crippen LogP contribution in [0.5, 0.6) is 0 Å². The molecule has 0 aromatic heterocycles. The fourth-order valence-electron chi connectivity index (χ4n) is 17.1. The third kappa shape index (κ3) is 57.5. The van der Waals surface area contributed by atoms with E-state index >= 15 is 0 Å². The molecule has 6 unspecified atom stereocenters. The van der Waals surface area contributed by atoms with Crippen LogP contribution in [0.3, 0.4) is 0 Å². The standard InChI is InChI=1S/C102H160O38/c1-67(103)37-23-18-16-14-15-17-19-24-47-86(122)60-102(64-123-54-48-83(119)41-28-20-25-38-80(116)44-31-34-51-126-99-87(57-68(2)104)93(132-74(8)110)96(135-77(11)113)90(138-99)61-129-71(5)107,65-124-55-49-84(120)42-29-21-26-39-81(117)45-32-35-52-127-100-88(58-69(3)105)94(133-75(9)111)97(136-78(12)114)91(139-100)62-130-72(6)108)66-125-56-50-85(121)43-30-22-27-40-82(118)46-33-36-53-128-101-89(59-70(4)106)95(134-76(10)112)98(137-79(13)115)92(140-101)63-131-73(7)109/h87-101H,14-66H2,1-13H3/t87?,88?,89?,90?,91?,92?,93-,94-,95-,96+,97+,98+,99-,100-,101-,102?/m1/s1. The number of Topliss-reactive ketones (excluding diaryl/α,β-unsaturated/α-hetero) is 11. The third-order valence-corrected chi connectivity index (χ3v) is 23.8. The average Bonchev–Trinajstić information content (AvgIpc) is 0.793. The van der Waals surface area contributed by atoms with Crippen LogP contribution in [0.1, 0.15) is 353 Å². The predicted octanol–water partition coefficient (Wildman–Crippen LogP) is 12.7. The molecule has 0 bridgehead atoms. The van der Waals surface area contributed by atoms with Gasteiger partial charge in [-0.1, -0.05) is 57.8 Å². The van der Waals surface area contributed by atoms with Gasteiger partial charge in [0, 0.05) is 203 Å². The number of carbonyl (C=O) groups excluding carboxylic acids is 20. The zero-order valence-electron chi connectivity index (χ0n) is 85.2. The van der Waals surface area contributed by atoms with Gasteiger partial charge in [-0.2, -0.15) is 0 Å². The largest absolute Gasteiger partial charge is 0.463 e. The molecule has 0 radical (unpaired) electrons. The van der Waals surface area contributed by atoms with Crippen LogP contribution in [0.4, 0.5) is 0 Å². The Labute approximate surface area is 824 Å². The maximum Gasteiger partial charge on any atom is 0.303 e. The van der Waals surface area contributed by atoms with Gasteiger partial charge in [0.05, 0.1) is 57.4 Å². The highest BCUT2D eigenvalue weighted by Gasteiger charge is 2.54. The zero-order valence-corrected chi connectivity index (χ0v) is 85.2. The van der Waals surface area contributed by atoms with Crippen LogP contribution < -0.4 is 0 Å². The fraction of sp³-hybridized carbons (Fsp3) is 0.804. The van der Waals surface area contributed by atoms with E-state index in [-0.39, 0.29) is 252 Å². The first kappa shape index (κ1) is 125. The zero-order chi connectivity index (χ0) is 104. The molecule has 38 heteroatoms. The van der Waals surface area contributed by atoms with Gasteiger partial charge in [0.25, 0.3) is 0 Å². The molecule has 0 amide bonds. The van der Waals surface area contributed by atoms with Crippen molar-refractivity contribution in [3.8, 4) is 0 Å². The van der Waals surface area contributed by atoms with Crippen LogP contribution in [0, 0.1) is 23.2 Å². The van der Waals surface area contributed by atoms with Gasteiger partial charge in [0.1, 0.15) is 120 Å². The summed E-state index contributed by atoms with van der Waals surface area (Å²) in [7, 11) is 0. The van der Waals surface area contributed by atoms with E-state index in [9.17, 15) is 95.9 Å². The molecule has 15 atom stereocenters. The Morgan fingerprint density at radius 2 is 0.421 bits per heavy atom. The molecule has 3 saturated heterocycles. The van der Waals surface area contributed by atoms with Crippen molar-refractivity contribution < 1.29 is 181 Å². The topological polar surface area (TPSA) is 508 Å². The summed E-state index contributed by atoms with van der Waals surface area (Å²) >= 11 is 0. The van der Waals surface area contributed by atoms with Crippen LogP contribution in [0.15, 0.2) is 0 Å². The van der Waals surface area contributed by atoms with Gasteiger partial charge in [-0.15, -0.1) is 0 Å². The van der Waals surface area contributed by atoms with Crippen molar-refractivity contribution in [1.82, 2.24) is 0 Å². The molecule has 3 aliphatic heterocycles. The Balaban J connectivity index is 1.67. The maximum absolute atomic E-state index is 14.2. The highest BCUT2D eigenvalue weighted by Crippen LogP contribution is 2.39. The number of hydrogen-bond donors (Lipinski definition) is 0. The van der Waals surface area contributed by atoms with Crippen LogP contribution in [-0.4, -0.2) is 270 Å². The summed E-state index contributed by atoms with van der Waals surface area (Å²) in [5.41, 5.74) is -1.13. The minimum absolute atomic E-state index is 0.00656. The molecule has 0 N–H and O–H groups in total. The Morgan fingerprint density at radius 3 is 0.650 bits per heavy atom. The van der Waals surface area contributed by atoms with Gasteiger partial charge >= 0.3 is 53.7 Å². The second-order valence-electron chi connectivity index (χ2n) is 37.2. The summed E-state index contributed by atoms with van der Waals surface area (Å²) in [4.78, 5) is 252. The first-order valence-corrected chi connectivity index (χ1v) is 50.1. The van der Waals surface area contributed by atoms with E-state index in [1.807, 2.05) is 0 Å². The number of unbranched alkanes of at least 4 members (excludes halogenated alkanes) is 16. The van der Waals surface area contributed by atoms with Crippen molar-refractivity contribution in [2.75, 3.05) is 79.3 Å². The summed E-state index contributed by atoms with van der Waals surface area (Å²) < 4.78 is 104. The predicted molar refractivity (Wildman–Crippen MR) is 499 cm³/mol. The molecule has 38 nitrogen and oxygen atoms in total. The van der Waals surface area contributed by atoms with Crippen molar-refractivity contribution in [1.29, 1.82) is 0 Å². The number of esters is 9. The molecule has 0 saturated carbocycles. The Bertz CT molecular complexity index is 3520. The Kier molecular flexibility index (Phi) is 64.9. The smallest absolute Gasteiger partial charge is 0.303 e. The molecule has 0 aromatic rings. The van der Waals surface area contributed by atoms with Crippen molar-refractivity contribution in [3.05, 3.63) is 0 Å². The number of ketones is 11. The van der Waals surface area contributed by atoms with Gasteiger partial charge in [0.2, 0.25) is 0 Å². The highest BCUT2D eigenvalue weighted by molar-refractivity contribution is 5.82. The quantitative estimate of drug-likeness (QED) is 0.0310. The molecule has 3 rings (SSSR count). The van der Waals surface area contributed by atoms with Crippen molar-refractivity contribution in [3.63, 3.8) is 0 Å². The number of hydrogen-bond acceptors (Lipinski definition) is 38. The molecule has 796 valence electrons. The van der Waals surface area contributed by atoms with Crippen molar-refractivity contribution in [2.45, 2.75) is 427 Å². The molecule has 3 heterocycles. The Morgan fingerprint density at radius 1 is 0.214 bits per heavy atom. The Hall–Kier alpha value is -8.76. The monoisotopic (exact) mass is 1990 g/mol. The molecule has 0 aliphatic carbocycles. The summed E-state index contributed by atoms with van der Waals surface area (Å²) in [5, 5.41) is 0. The summed E-state index contributed by atoms with van der Waals surface area (Å²) in [6, 6.07) is 0. The van der Waals surface area contributed by atoms with Crippen molar-refractivity contribution in [2.24, 2.45) is 23.2 Å². The molecule has 0 aromatic carbocycles. The lowest BCUT2D eigenvalue weighted by Gasteiger charge is -2.44. The van der Waals surface area contributed by atoms with Crippen molar-refractivity contribution >= 4 is 117 Å². The highest BCUT2D eigenvalue weighted by atomic mass is 16.7. The molecule has 3 aliphatic rings. The fourth-order valence-corrected chi connectivity index (χ4v) is 17.1. The van der Waals surface area contributed by atoms with Gasteiger partial charge in [0.15, 0.2) is 37.2 Å². The molecule has 140 heavy (non-hydrogen) atoms. The third-order valence-electron chi connectivity index (χ3n) is 23.8. The van der Waals surface area contributed by atoms with Crippen LogP contribution >= 0.6 is 0 Å². The number of rotatable bonds is 82. The van der Waals surface area contributed by atoms with E-state index in [1.165, 1.54) is 41.5 Å². The lowest BCUT2D eigenvalue weighted by Crippen LogP contribution is -2.59. The number of carbonyl (C=O) groups is 20. The van der Waals surface area contributed by atoms with E-state index in [0.717, 1.165) is 86.5 Å². The molecule has 3 fully saturated rings. The van der Waals surface area contributed by atoms with Gasteiger partial charge < -0.3 is 104 Å². The minimum Gasteiger partial charge on any atom is -0.463 e. The normalized spacial score (nSPS) is 21.5. The van der Waals surface area contributed by atoms with Gasteiger partial charge in [-0.05, 0) is 118 Å². The van der Waals surface area contributed by atoms with E-state index in [2.05, 4.69) is 0 Å². The average molecular weight is 1990 g/mol. The van der Waals surface area contributed by atoms with Gasteiger partial charge in [-0.3, -0.25) is 76.7 Å². The summed E-state index contributed by atoms with van der Waals surface area (Å²) in [6.45, 7) is 15.0. The molecule has 0 spiro atoms. The minimum atomic E-state index is -1.22. The molecular formula is C102H160O38. The molecular weight excluding hydrogens is 1830 g/mol. The van der Waals surface area contributed by atoms with E-state index < -0.39 is 151 Å². The van der Waals surface area contributed by atoms with E-state index in [4.69, 9.17) is 85.3 Å².